The predicted molar refractivity (Wildman–Crippen MR) is 150 cm³/mol. The maximum Gasteiger partial charge on any atom is 0.408 e. The quantitative estimate of drug-likeness (QED) is 0.239. The molecule has 0 aliphatic carbocycles. The maximum atomic E-state index is 13.9. The van der Waals surface area contributed by atoms with Crippen LogP contribution in [-0.4, -0.2) is 44.7 Å². The lowest BCUT2D eigenvalue weighted by molar-refractivity contribution is -0.138. The molecule has 4 N–H and O–H groups in total. The highest BCUT2D eigenvalue weighted by Gasteiger charge is 2.36. The van der Waals surface area contributed by atoms with Gasteiger partial charge in [0.15, 0.2) is 0 Å². The lowest BCUT2D eigenvalue weighted by atomic mass is 10.0. The van der Waals surface area contributed by atoms with E-state index in [0.29, 0.717) is 5.56 Å². The smallest absolute Gasteiger partial charge is 0.408 e. The molecule has 0 heterocycles. The number of nitrogens with zero attached hydrogens (tertiary/aromatic N) is 1. The molecule has 2 atom stereocenters. The maximum absolute atomic E-state index is 13.9. The molecule has 2 unspecified atom stereocenters. The molecule has 3 amide bonds. The standard InChI is InChI=1S/C31H33N3O6/c1-5-34(27(23-12-9-13-25(36)19-23)28(37)32-20-22-10-7-6-8-11-22)29(38)26(33-30(39)40-31(2,3)4)18-21-14-16-24(35)17-15-21/h1,6-17,19,26-27,35-36H,18,20H2,2-4H3,(H,32,37)(H,33,39). The highest BCUT2D eigenvalue weighted by atomic mass is 16.6. The van der Waals surface area contributed by atoms with Gasteiger partial charge in [0.25, 0.3) is 5.91 Å². The van der Waals surface area contributed by atoms with Crippen LogP contribution in [0.3, 0.4) is 0 Å². The summed E-state index contributed by atoms with van der Waals surface area (Å²) in [5.74, 6) is -1.41. The number of aromatic hydroxyl groups is 2. The number of carbonyl (C=O) groups is 3. The number of phenolic OH excluding ortho intramolecular Hbond substituents is 2. The van der Waals surface area contributed by atoms with Crippen LogP contribution in [0.1, 0.15) is 43.5 Å². The van der Waals surface area contributed by atoms with Crippen molar-refractivity contribution < 1.29 is 29.3 Å². The Morgan fingerprint density at radius 1 is 0.925 bits per heavy atom. The minimum Gasteiger partial charge on any atom is -0.508 e. The molecule has 9 heteroatoms. The van der Waals surface area contributed by atoms with E-state index >= 15 is 0 Å². The number of alkyl carbamates (subject to hydrolysis) is 1. The number of hydrogen-bond donors (Lipinski definition) is 4. The third-order valence-corrected chi connectivity index (χ3v) is 5.74. The SMILES string of the molecule is C#CN(C(=O)C(Cc1ccc(O)cc1)NC(=O)OC(C)(C)C)C(C(=O)NCc1ccccc1)c1cccc(O)c1. The van der Waals surface area contributed by atoms with Crippen molar-refractivity contribution in [2.75, 3.05) is 0 Å². The van der Waals surface area contributed by atoms with Crippen LogP contribution in [0, 0.1) is 12.5 Å². The molecule has 40 heavy (non-hydrogen) atoms. The summed E-state index contributed by atoms with van der Waals surface area (Å²) in [7, 11) is 0. The molecule has 0 radical (unpaired) electrons. The second-order valence-electron chi connectivity index (χ2n) is 10.1. The summed E-state index contributed by atoms with van der Waals surface area (Å²) < 4.78 is 5.36. The van der Waals surface area contributed by atoms with Gasteiger partial charge in [-0.2, -0.15) is 0 Å². The largest absolute Gasteiger partial charge is 0.508 e. The number of ether oxygens (including phenoxy) is 1. The van der Waals surface area contributed by atoms with Crippen molar-refractivity contribution in [3.63, 3.8) is 0 Å². The summed E-state index contributed by atoms with van der Waals surface area (Å²) in [5.41, 5.74) is 0.897. The van der Waals surface area contributed by atoms with Crippen LogP contribution in [0.25, 0.3) is 0 Å². The first-order valence-electron chi connectivity index (χ1n) is 12.6. The monoisotopic (exact) mass is 543 g/mol. The Balaban J connectivity index is 1.96. The van der Waals surface area contributed by atoms with E-state index in [0.717, 1.165) is 10.5 Å². The van der Waals surface area contributed by atoms with Crippen LogP contribution in [-0.2, 0) is 27.3 Å². The number of terminal acetylenes is 1. The number of nitrogens with one attached hydrogen (secondary N) is 2. The third kappa shape index (κ3) is 8.53. The topological polar surface area (TPSA) is 128 Å². The Morgan fingerprint density at radius 2 is 1.60 bits per heavy atom. The predicted octanol–water partition coefficient (Wildman–Crippen LogP) is 4.01. The van der Waals surface area contributed by atoms with Crippen molar-refractivity contribution in [1.82, 2.24) is 15.5 Å². The molecule has 0 bridgehead atoms. The normalized spacial score (nSPS) is 12.3. The molecule has 208 valence electrons. The highest BCUT2D eigenvalue weighted by molar-refractivity contribution is 5.93. The first-order valence-corrected chi connectivity index (χ1v) is 12.6. The molecule has 0 saturated heterocycles. The summed E-state index contributed by atoms with van der Waals surface area (Å²) in [6.07, 6.45) is 4.97. The zero-order valence-electron chi connectivity index (χ0n) is 22.6. The van der Waals surface area contributed by atoms with Gasteiger partial charge in [0.05, 0.1) is 0 Å². The van der Waals surface area contributed by atoms with Crippen molar-refractivity contribution in [2.24, 2.45) is 0 Å². The van der Waals surface area contributed by atoms with Gasteiger partial charge in [-0.25, -0.2) is 4.79 Å². The van der Waals surface area contributed by atoms with Gasteiger partial charge in [-0.1, -0.05) is 61.0 Å². The number of carbonyl (C=O) groups excluding carboxylic acids is 3. The molecular formula is C31H33N3O6. The van der Waals surface area contributed by atoms with Gasteiger partial charge in [-0.15, -0.1) is 0 Å². The van der Waals surface area contributed by atoms with Gasteiger partial charge in [0.2, 0.25) is 5.91 Å². The van der Waals surface area contributed by atoms with Gasteiger partial charge >= 0.3 is 6.09 Å². The molecule has 0 spiro atoms. The van der Waals surface area contributed by atoms with Gasteiger partial charge in [0.1, 0.15) is 29.2 Å². The Labute approximate surface area is 233 Å². The zero-order chi connectivity index (χ0) is 29.3. The van der Waals surface area contributed by atoms with Crippen LogP contribution >= 0.6 is 0 Å². The number of phenols is 2. The Bertz CT molecular complexity index is 1360. The van der Waals surface area contributed by atoms with Crippen LogP contribution < -0.4 is 10.6 Å². The van der Waals surface area contributed by atoms with E-state index in [1.807, 2.05) is 30.3 Å². The van der Waals surface area contributed by atoms with E-state index in [2.05, 4.69) is 16.7 Å². The molecule has 3 rings (SSSR count). The minimum absolute atomic E-state index is 0.00503. The molecule has 0 fully saturated rings. The van der Waals surface area contributed by atoms with Crippen LogP contribution in [0.5, 0.6) is 11.5 Å². The van der Waals surface area contributed by atoms with Crippen LogP contribution in [0.15, 0.2) is 78.9 Å². The van der Waals surface area contributed by atoms with Gasteiger partial charge in [-0.3, -0.25) is 14.5 Å². The highest BCUT2D eigenvalue weighted by Crippen LogP contribution is 2.26. The zero-order valence-corrected chi connectivity index (χ0v) is 22.6. The molecule has 0 saturated carbocycles. The molecule has 3 aromatic rings. The average Bonchev–Trinajstić information content (AvgIpc) is 2.90. The second-order valence-corrected chi connectivity index (χ2v) is 10.1. The number of hydrogen-bond acceptors (Lipinski definition) is 6. The summed E-state index contributed by atoms with van der Waals surface area (Å²) in [6, 6.07) is 21.0. The molecule has 9 nitrogen and oxygen atoms in total. The molecular weight excluding hydrogens is 510 g/mol. The van der Waals surface area contributed by atoms with Gasteiger partial charge < -0.3 is 25.6 Å². The van der Waals surface area contributed by atoms with E-state index in [4.69, 9.17) is 11.2 Å². The summed E-state index contributed by atoms with van der Waals surface area (Å²) >= 11 is 0. The lowest BCUT2D eigenvalue weighted by Gasteiger charge is -2.30. The van der Waals surface area contributed by atoms with Crippen molar-refractivity contribution >= 4 is 17.9 Å². The number of amides is 3. The van der Waals surface area contributed by atoms with E-state index in [-0.39, 0.29) is 30.0 Å². The van der Waals surface area contributed by atoms with Crippen molar-refractivity contribution in [3.05, 3.63) is 95.6 Å². The van der Waals surface area contributed by atoms with Crippen molar-refractivity contribution in [3.8, 4) is 24.0 Å². The number of rotatable bonds is 9. The molecule has 0 aliphatic heterocycles. The first-order chi connectivity index (χ1) is 19.0. The number of benzene rings is 3. The second kappa shape index (κ2) is 13.2. The fraction of sp³-hybridized carbons (Fsp3) is 0.258. The Morgan fingerprint density at radius 3 is 2.20 bits per heavy atom. The fourth-order valence-corrected chi connectivity index (χ4v) is 3.95. The first kappa shape index (κ1) is 29.6. The average molecular weight is 544 g/mol. The Kier molecular flexibility index (Phi) is 9.76. The summed E-state index contributed by atoms with van der Waals surface area (Å²) in [4.78, 5) is 41.1. The van der Waals surface area contributed by atoms with E-state index in [1.165, 1.54) is 30.3 Å². The molecule has 0 aromatic heterocycles. The third-order valence-electron chi connectivity index (χ3n) is 5.74. The molecule has 0 aliphatic rings. The fourth-order valence-electron chi connectivity index (χ4n) is 3.95. The van der Waals surface area contributed by atoms with E-state index in [9.17, 15) is 24.6 Å². The lowest BCUT2D eigenvalue weighted by Crippen LogP contribution is -2.52. The Hall–Kier alpha value is -4.97. The van der Waals surface area contributed by atoms with Crippen molar-refractivity contribution in [1.29, 1.82) is 0 Å². The van der Waals surface area contributed by atoms with Crippen molar-refractivity contribution in [2.45, 2.75) is 51.4 Å². The van der Waals surface area contributed by atoms with E-state index < -0.39 is 35.6 Å². The van der Waals surface area contributed by atoms with Gasteiger partial charge in [0, 0.05) is 19.0 Å². The van der Waals surface area contributed by atoms with Crippen LogP contribution in [0.4, 0.5) is 4.79 Å². The summed E-state index contributed by atoms with van der Waals surface area (Å²) in [6.45, 7) is 5.24. The minimum atomic E-state index is -1.32. The van der Waals surface area contributed by atoms with Crippen LogP contribution in [0.2, 0.25) is 0 Å². The summed E-state index contributed by atoms with van der Waals surface area (Å²) in [5, 5.41) is 25.2. The van der Waals surface area contributed by atoms with Gasteiger partial charge in [-0.05, 0) is 61.7 Å². The van der Waals surface area contributed by atoms with E-state index in [1.54, 1.807) is 39.0 Å². The molecule has 3 aromatic carbocycles.